The zero-order chi connectivity index (χ0) is 22.7. The number of amides is 1. The first kappa shape index (κ1) is 24.1. The van der Waals surface area contributed by atoms with Crippen molar-refractivity contribution in [1.29, 1.82) is 0 Å². The number of carbonyl (C=O) groups is 1. The molecule has 1 N–H and O–H groups in total. The summed E-state index contributed by atoms with van der Waals surface area (Å²) in [4.78, 5) is 12.8. The SMILES string of the molecule is CCC(C(=O)Nc1ccc(OC(F)(F)F)cc1)N(c1ccc(Cl)c(Cl)c1)S(C)(=O)=O. The third-order valence-electron chi connectivity index (χ3n) is 3.84. The maximum absolute atomic E-state index is 12.8. The number of anilines is 2. The van der Waals surface area contributed by atoms with E-state index in [1.807, 2.05) is 0 Å². The molecule has 1 unspecified atom stereocenters. The lowest BCUT2D eigenvalue weighted by atomic mass is 10.1. The molecule has 0 saturated carbocycles. The molecule has 0 radical (unpaired) electrons. The average molecular weight is 485 g/mol. The van der Waals surface area contributed by atoms with Crippen LogP contribution < -0.4 is 14.4 Å². The second kappa shape index (κ2) is 9.32. The minimum atomic E-state index is -4.84. The Bertz CT molecular complexity index is 1020. The Kier molecular flexibility index (Phi) is 7.49. The Labute approximate surface area is 181 Å². The number of hydrogen-bond donors (Lipinski definition) is 1. The highest BCUT2D eigenvalue weighted by molar-refractivity contribution is 7.92. The van der Waals surface area contributed by atoms with Gasteiger partial charge in [-0.3, -0.25) is 9.10 Å². The van der Waals surface area contributed by atoms with Crippen molar-refractivity contribution in [3.05, 3.63) is 52.5 Å². The molecule has 0 saturated heterocycles. The predicted octanol–water partition coefficient (Wildman–Crippen LogP) is 5.08. The Morgan fingerprint density at radius 1 is 1.13 bits per heavy atom. The van der Waals surface area contributed by atoms with Gasteiger partial charge in [0.05, 0.1) is 22.0 Å². The lowest BCUT2D eigenvalue weighted by Crippen LogP contribution is -2.47. The van der Waals surface area contributed by atoms with Crippen LogP contribution in [0.1, 0.15) is 13.3 Å². The number of nitrogens with zero attached hydrogens (tertiary/aromatic N) is 1. The van der Waals surface area contributed by atoms with Crippen molar-refractivity contribution in [1.82, 2.24) is 0 Å². The third kappa shape index (κ3) is 6.41. The Balaban J connectivity index is 2.28. The summed E-state index contributed by atoms with van der Waals surface area (Å²) in [6.07, 6.45) is -3.79. The maximum Gasteiger partial charge on any atom is 0.573 e. The average Bonchev–Trinajstić information content (AvgIpc) is 2.61. The highest BCUT2D eigenvalue weighted by Crippen LogP contribution is 2.31. The molecule has 1 amide bonds. The number of rotatable bonds is 7. The second-order valence-corrected chi connectivity index (χ2v) is 8.82. The van der Waals surface area contributed by atoms with Gasteiger partial charge in [0.1, 0.15) is 11.8 Å². The normalized spacial score (nSPS) is 12.9. The van der Waals surface area contributed by atoms with Gasteiger partial charge in [0.2, 0.25) is 15.9 Å². The number of alkyl halides is 3. The number of halogens is 5. The summed E-state index contributed by atoms with van der Waals surface area (Å²) >= 11 is 11.9. The van der Waals surface area contributed by atoms with Crippen LogP contribution in [0.25, 0.3) is 0 Å². The summed E-state index contributed by atoms with van der Waals surface area (Å²) in [6.45, 7) is 1.61. The molecule has 30 heavy (non-hydrogen) atoms. The van der Waals surface area contributed by atoms with E-state index in [9.17, 15) is 26.4 Å². The van der Waals surface area contributed by atoms with Crippen molar-refractivity contribution < 1.29 is 31.1 Å². The van der Waals surface area contributed by atoms with E-state index in [-0.39, 0.29) is 27.8 Å². The van der Waals surface area contributed by atoms with E-state index in [1.54, 1.807) is 6.92 Å². The minimum Gasteiger partial charge on any atom is -0.406 e. The Morgan fingerprint density at radius 2 is 1.73 bits per heavy atom. The first-order valence-corrected chi connectivity index (χ1v) is 11.0. The molecule has 0 bridgehead atoms. The van der Waals surface area contributed by atoms with Gasteiger partial charge in [-0.05, 0) is 48.9 Å². The molecule has 0 aliphatic rings. The van der Waals surface area contributed by atoms with Crippen molar-refractivity contribution in [3.63, 3.8) is 0 Å². The molecule has 0 fully saturated rings. The van der Waals surface area contributed by atoms with Gasteiger partial charge in [0, 0.05) is 5.69 Å². The first-order chi connectivity index (χ1) is 13.8. The molecule has 2 aromatic carbocycles. The van der Waals surface area contributed by atoms with E-state index in [0.29, 0.717) is 0 Å². The molecule has 12 heteroatoms. The molecule has 0 aliphatic carbocycles. The summed E-state index contributed by atoms with van der Waals surface area (Å²) in [5.74, 6) is -1.14. The van der Waals surface area contributed by atoms with Crippen LogP contribution in [0, 0.1) is 0 Å². The van der Waals surface area contributed by atoms with Crippen LogP contribution in [0.15, 0.2) is 42.5 Å². The Morgan fingerprint density at radius 3 is 2.20 bits per heavy atom. The lowest BCUT2D eigenvalue weighted by Gasteiger charge is -2.30. The van der Waals surface area contributed by atoms with Crippen molar-refractivity contribution >= 4 is 50.5 Å². The molecule has 0 heterocycles. The monoisotopic (exact) mass is 484 g/mol. The number of benzene rings is 2. The van der Waals surface area contributed by atoms with E-state index in [1.165, 1.54) is 30.3 Å². The van der Waals surface area contributed by atoms with Gasteiger partial charge in [0.25, 0.3) is 0 Å². The molecule has 0 aliphatic heterocycles. The van der Waals surface area contributed by atoms with Gasteiger partial charge < -0.3 is 10.1 Å². The highest BCUT2D eigenvalue weighted by Gasteiger charge is 2.33. The molecule has 2 rings (SSSR count). The molecular formula is C18H17Cl2F3N2O4S. The topological polar surface area (TPSA) is 75.7 Å². The number of sulfonamides is 1. The summed E-state index contributed by atoms with van der Waals surface area (Å²) < 4.78 is 66.2. The van der Waals surface area contributed by atoms with Crippen molar-refractivity contribution in [3.8, 4) is 5.75 Å². The van der Waals surface area contributed by atoms with E-state index in [0.717, 1.165) is 22.7 Å². The number of hydrogen-bond acceptors (Lipinski definition) is 4. The molecule has 164 valence electrons. The summed E-state index contributed by atoms with van der Waals surface area (Å²) in [6, 6.07) is 7.45. The maximum atomic E-state index is 12.8. The molecular weight excluding hydrogens is 468 g/mol. The van der Waals surface area contributed by atoms with Gasteiger partial charge in [-0.25, -0.2) is 8.42 Å². The van der Waals surface area contributed by atoms with Gasteiger partial charge in [0.15, 0.2) is 0 Å². The van der Waals surface area contributed by atoms with Gasteiger partial charge in [-0.15, -0.1) is 13.2 Å². The molecule has 6 nitrogen and oxygen atoms in total. The molecule has 0 spiro atoms. The summed E-state index contributed by atoms with van der Waals surface area (Å²) in [5.41, 5.74) is 0.304. The number of nitrogens with one attached hydrogen (secondary N) is 1. The van der Waals surface area contributed by atoms with Crippen molar-refractivity contribution in [2.75, 3.05) is 15.9 Å². The van der Waals surface area contributed by atoms with Gasteiger partial charge in [-0.2, -0.15) is 0 Å². The fourth-order valence-electron chi connectivity index (χ4n) is 2.65. The molecule has 2 aromatic rings. The Hall–Kier alpha value is -2.17. The predicted molar refractivity (Wildman–Crippen MR) is 110 cm³/mol. The molecule has 1 atom stereocenters. The van der Waals surface area contributed by atoms with Crippen LogP contribution in [0.5, 0.6) is 5.75 Å². The van der Waals surface area contributed by atoms with Crippen LogP contribution >= 0.6 is 23.2 Å². The number of ether oxygens (including phenoxy) is 1. The van der Waals surface area contributed by atoms with Crippen LogP contribution in [0.4, 0.5) is 24.5 Å². The first-order valence-electron chi connectivity index (χ1n) is 8.43. The zero-order valence-corrected chi connectivity index (χ0v) is 18.0. The van der Waals surface area contributed by atoms with Crippen molar-refractivity contribution in [2.24, 2.45) is 0 Å². The third-order valence-corrected chi connectivity index (χ3v) is 5.76. The fourth-order valence-corrected chi connectivity index (χ4v) is 4.14. The van der Waals surface area contributed by atoms with E-state index >= 15 is 0 Å². The van der Waals surface area contributed by atoms with Crippen LogP contribution in [0.3, 0.4) is 0 Å². The number of carbonyl (C=O) groups excluding carboxylic acids is 1. The minimum absolute atomic E-state index is 0.106. The quantitative estimate of drug-likeness (QED) is 0.594. The van der Waals surface area contributed by atoms with Crippen LogP contribution in [-0.2, 0) is 14.8 Å². The smallest absolute Gasteiger partial charge is 0.406 e. The standard InChI is InChI=1S/C18H17Cl2F3N2O4S/c1-3-16(25(30(2,27)28)12-6-9-14(19)15(20)10-12)17(26)24-11-4-7-13(8-5-11)29-18(21,22)23/h4-10,16H,3H2,1-2H3,(H,24,26). The van der Waals surface area contributed by atoms with Crippen LogP contribution in [0.2, 0.25) is 10.0 Å². The largest absolute Gasteiger partial charge is 0.573 e. The van der Waals surface area contributed by atoms with E-state index < -0.39 is 34.1 Å². The zero-order valence-electron chi connectivity index (χ0n) is 15.7. The lowest BCUT2D eigenvalue weighted by molar-refractivity contribution is -0.274. The summed E-state index contributed by atoms with van der Waals surface area (Å²) in [5, 5.41) is 2.82. The van der Waals surface area contributed by atoms with E-state index in [2.05, 4.69) is 10.1 Å². The fraction of sp³-hybridized carbons (Fsp3) is 0.278. The highest BCUT2D eigenvalue weighted by atomic mass is 35.5. The van der Waals surface area contributed by atoms with Crippen molar-refractivity contribution in [2.45, 2.75) is 25.7 Å². The van der Waals surface area contributed by atoms with E-state index in [4.69, 9.17) is 23.2 Å². The van der Waals surface area contributed by atoms with Gasteiger partial charge >= 0.3 is 6.36 Å². The van der Waals surface area contributed by atoms with Crippen LogP contribution in [-0.4, -0.2) is 33.0 Å². The van der Waals surface area contributed by atoms with Gasteiger partial charge in [-0.1, -0.05) is 30.1 Å². The molecule has 0 aromatic heterocycles. The second-order valence-electron chi connectivity index (χ2n) is 6.14. The summed E-state index contributed by atoms with van der Waals surface area (Å²) in [7, 11) is -3.90.